The second-order valence-corrected chi connectivity index (χ2v) is 9.12. The molecule has 0 saturated carbocycles. The van der Waals surface area contributed by atoms with Crippen LogP contribution in [0, 0.1) is 11.6 Å². The van der Waals surface area contributed by atoms with Gasteiger partial charge >= 0.3 is 13.9 Å². The highest BCUT2D eigenvalue weighted by Crippen LogP contribution is 2.41. The lowest BCUT2D eigenvalue weighted by Crippen LogP contribution is -2.46. The predicted octanol–water partition coefficient (Wildman–Crippen LogP) is 3.72. The zero-order chi connectivity index (χ0) is 23.8. The maximum absolute atomic E-state index is 14.5. The summed E-state index contributed by atoms with van der Waals surface area (Å²) in [6.45, 7) is 0.974. The highest BCUT2D eigenvalue weighted by molar-refractivity contribution is 7.46. The van der Waals surface area contributed by atoms with Crippen molar-refractivity contribution < 1.29 is 37.2 Å². The minimum Gasteiger partial charge on any atom is -0.404 e. The summed E-state index contributed by atoms with van der Waals surface area (Å²) in [7, 11) is -3.13. The number of ether oxygens (including phenoxy) is 1. The number of benzene rings is 2. The standard InChI is InChI=1S/C22H23F2N2O6P/c1-25(17-7-8-31-13-17)22(27)26-12-15(19-11-16(23)5-6-20(19)24)10-21(26)14-3-2-4-18(9-14)32-33(28,29)30/h2-6,9-11,17,21H,7-8,12-13H2,1H3,(H2,28,29,30)/t17?,21-/m0/s1. The van der Waals surface area contributed by atoms with E-state index < -0.39 is 25.5 Å². The van der Waals surface area contributed by atoms with Crippen LogP contribution in [-0.2, 0) is 9.30 Å². The Kier molecular flexibility index (Phi) is 6.54. The molecule has 0 radical (unpaired) electrons. The molecule has 33 heavy (non-hydrogen) atoms. The minimum atomic E-state index is -4.78. The van der Waals surface area contributed by atoms with Crippen molar-refractivity contribution in [2.45, 2.75) is 18.5 Å². The number of hydrogen-bond acceptors (Lipinski definition) is 4. The van der Waals surface area contributed by atoms with E-state index in [1.54, 1.807) is 24.1 Å². The molecular formula is C22H23F2N2O6P. The molecule has 11 heteroatoms. The fourth-order valence-corrected chi connectivity index (χ4v) is 4.46. The molecule has 0 bridgehead atoms. The van der Waals surface area contributed by atoms with Gasteiger partial charge in [0.05, 0.1) is 18.7 Å². The number of likely N-dealkylation sites (N-methyl/N-ethyl adjacent to an activating group) is 1. The largest absolute Gasteiger partial charge is 0.524 e. The Morgan fingerprint density at radius 3 is 2.73 bits per heavy atom. The number of hydrogen-bond donors (Lipinski definition) is 2. The Morgan fingerprint density at radius 1 is 1.24 bits per heavy atom. The quantitative estimate of drug-likeness (QED) is 0.633. The normalized spacial score (nSPS) is 20.6. The van der Waals surface area contributed by atoms with Gasteiger partial charge in [-0.05, 0) is 47.9 Å². The second kappa shape index (κ2) is 9.23. The van der Waals surface area contributed by atoms with Crippen molar-refractivity contribution in [3.05, 3.63) is 71.3 Å². The van der Waals surface area contributed by atoms with Crippen LogP contribution in [0.1, 0.15) is 23.6 Å². The van der Waals surface area contributed by atoms with Crippen molar-refractivity contribution in [2.75, 3.05) is 26.8 Å². The summed E-state index contributed by atoms with van der Waals surface area (Å²) in [5, 5.41) is 0. The van der Waals surface area contributed by atoms with Gasteiger partial charge in [-0.2, -0.15) is 0 Å². The van der Waals surface area contributed by atoms with E-state index in [1.807, 2.05) is 0 Å². The second-order valence-electron chi connectivity index (χ2n) is 7.95. The molecule has 2 aromatic rings. The molecule has 0 aliphatic carbocycles. The van der Waals surface area contributed by atoms with Gasteiger partial charge < -0.3 is 19.1 Å². The van der Waals surface area contributed by atoms with Crippen molar-refractivity contribution in [3.63, 3.8) is 0 Å². The highest BCUT2D eigenvalue weighted by Gasteiger charge is 2.36. The number of phosphoric acid groups is 1. The SMILES string of the molecule is CN(C(=O)N1CC(c2cc(F)ccc2F)=C[C@H]1c1cccc(OP(=O)(O)O)c1)C1CCOC1. The van der Waals surface area contributed by atoms with Gasteiger partial charge in [-0.15, -0.1) is 0 Å². The van der Waals surface area contributed by atoms with Crippen molar-refractivity contribution >= 4 is 19.4 Å². The predicted molar refractivity (Wildman–Crippen MR) is 115 cm³/mol. The van der Waals surface area contributed by atoms with Crippen LogP contribution in [0.5, 0.6) is 5.75 Å². The van der Waals surface area contributed by atoms with E-state index in [9.17, 15) is 18.1 Å². The van der Waals surface area contributed by atoms with Crippen molar-refractivity contribution in [3.8, 4) is 5.75 Å². The van der Waals surface area contributed by atoms with Crippen molar-refractivity contribution in [1.29, 1.82) is 0 Å². The monoisotopic (exact) mass is 480 g/mol. The maximum atomic E-state index is 14.5. The van der Waals surface area contributed by atoms with Crippen molar-refractivity contribution in [1.82, 2.24) is 9.80 Å². The third-order valence-corrected chi connectivity index (χ3v) is 6.18. The van der Waals surface area contributed by atoms with Gasteiger partial charge in [0.2, 0.25) is 0 Å². The van der Waals surface area contributed by atoms with Gasteiger partial charge in [0.1, 0.15) is 17.4 Å². The number of amides is 2. The Bertz CT molecular complexity index is 1130. The lowest BCUT2D eigenvalue weighted by Gasteiger charge is -2.32. The summed E-state index contributed by atoms with van der Waals surface area (Å²) < 4.78 is 49.6. The molecule has 2 atom stereocenters. The molecule has 1 fully saturated rings. The molecule has 1 saturated heterocycles. The molecule has 2 heterocycles. The molecule has 0 aromatic heterocycles. The van der Waals surface area contributed by atoms with Gasteiger partial charge in [0, 0.05) is 25.8 Å². The van der Waals surface area contributed by atoms with Gasteiger partial charge in [0.15, 0.2) is 0 Å². The van der Waals surface area contributed by atoms with Crippen molar-refractivity contribution in [2.24, 2.45) is 0 Å². The number of carbonyl (C=O) groups is 1. The van der Waals surface area contributed by atoms with Crippen LogP contribution in [0.4, 0.5) is 13.6 Å². The molecule has 2 aromatic carbocycles. The zero-order valence-corrected chi connectivity index (χ0v) is 18.6. The third kappa shape index (κ3) is 5.25. The van der Waals surface area contributed by atoms with E-state index in [-0.39, 0.29) is 29.9 Å². The number of urea groups is 1. The summed E-state index contributed by atoms with van der Waals surface area (Å²) in [5.74, 6) is -1.30. The summed E-state index contributed by atoms with van der Waals surface area (Å²) in [5.41, 5.74) is 0.963. The van der Waals surface area contributed by atoms with E-state index in [0.717, 1.165) is 18.2 Å². The molecule has 0 spiro atoms. The molecular weight excluding hydrogens is 457 g/mol. The first-order valence-corrected chi connectivity index (χ1v) is 11.8. The number of carbonyl (C=O) groups excluding carboxylic acids is 1. The summed E-state index contributed by atoms with van der Waals surface area (Å²) in [6, 6.07) is 7.97. The molecule has 2 aliphatic heterocycles. The smallest absolute Gasteiger partial charge is 0.404 e. The van der Waals surface area contributed by atoms with E-state index in [2.05, 4.69) is 4.52 Å². The van der Waals surface area contributed by atoms with Crippen LogP contribution in [0.15, 0.2) is 48.5 Å². The summed E-state index contributed by atoms with van der Waals surface area (Å²) in [4.78, 5) is 34.7. The molecule has 1 unspecified atom stereocenters. The first-order chi connectivity index (χ1) is 15.6. The molecule has 2 N–H and O–H groups in total. The molecule has 176 valence electrons. The van der Waals surface area contributed by atoms with Gasteiger partial charge in [0.25, 0.3) is 0 Å². The Hall–Kier alpha value is -2.78. The average Bonchev–Trinajstić information content (AvgIpc) is 3.44. The fraction of sp³-hybridized carbons (Fsp3) is 0.318. The van der Waals surface area contributed by atoms with Crippen LogP contribution in [0.25, 0.3) is 5.57 Å². The first-order valence-electron chi connectivity index (χ1n) is 10.2. The maximum Gasteiger partial charge on any atom is 0.524 e. The Morgan fingerprint density at radius 2 is 2.03 bits per heavy atom. The highest BCUT2D eigenvalue weighted by atomic mass is 31.2. The molecule has 8 nitrogen and oxygen atoms in total. The number of phosphoric ester groups is 1. The lowest BCUT2D eigenvalue weighted by molar-refractivity contribution is 0.131. The van der Waals surface area contributed by atoms with Gasteiger partial charge in [-0.1, -0.05) is 18.2 Å². The summed E-state index contributed by atoms with van der Waals surface area (Å²) in [6.07, 6.45) is 2.33. The molecule has 2 aliphatic rings. The zero-order valence-electron chi connectivity index (χ0n) is 17.7. The van der Waals surface area contributed by atoms with Crippen LogP contribution >= 0.6 is 7.82 Å². The van der Waals surface area contributed by atoms with Gasteiger partial charge in [-0.3, -0.25) is 9.79 Å². The Balaban J connectivity index is 1.71. The van der Waals surface area contributed by atoms with E-state index in [4.69, 9.17) is 14.5 Å². The first kappa shape index (κ1) is 23.4. The van der Waals surface area contributed by atoms with Crippen LogP contribution in [0.2, 0.25) is 0 Å². The number of nitrogens with zero attached hydrogens (tertiary/aromatic N) is 2. The average molecular weight is 480 g/mol. The third-order valence-electron chi connectivity index (χ3n) is 5.73. The number of halogens is 2. The lowest BCUT2D eigenvalue weighted by atomic mass is 10.0. The fourth-order valence-electron chi connectivity index (χ4n) is 4.08. The van der Waals surface area contributed by atoms with E-state index >= 15 is 0 Å². The Labute approximate surface area is 189 Å². The topological polar surface area (TPSA) is 99.5 Å². The molecule has 2 amide bonds. The molecule has 4 rings (SSSR count). The minimum absolute atomic E-state index is 0.0192. The number of rotatable bonds is 5. The van der Waals surface area contributed by atoms with E-state index in [1.165, 1.54) is 23.1 Å². The van der Waals surface area contributed by atoms with Gasteiger partial charge in [-0.25, -0.2) is 18.1 Å². The van der Waals surface area contributed by atoms with E-state index in [0.29, 0.717) is 30.8 Å². The summed E-state index contributed by atoms with van der Waals surface area (Å²) >= 11 is 0. The van der Waals surface area contributed by atoms with Crippen LogP contribution < -0.4 is 4.52 Å². The van der Waals surface area contributed by atoms with Crippen LogP contribution in [0.3, 0.4) is 0 Å². The van der Waals surface area contributed by atoms with Crippen LogP contribution in [-0.4, -0.2) is 58.5 Å².